The Bertz CT molecular complexity index is 1060. The number of fused-ring (bicyclic) bond motifs is 1. The molecule has 0 unspecified atom stereocenters. The van der Waals surface area contributed by atoms with Gasteiger partial charge in [0.05, 0.1) is 25.8 Å². The Labute approximate surface area is 175 Å². The maximum absolute atomic E-state index is 13.2. The molecule has 2 atom stereocenters. The summed E-state index contributed by atoms with van der Waals surface area (Å²) < 4.78 is 12.2. The molecule has 1 fully saturated rings. The van der Waals surface area contributed by atoms with E-state index in [1.165, 1.54) is 6.42 Å². The number of hydrogen-bond acceptors (Lipinski definition) is 7. The predicted molar refractivity (Wildman–Crippen MR) is 113 cm³/mol. The number of nitrogens with one attached hydrogen (secondary N) is 1. The average Bonchev–Trinajstić information content (AvgIpc) is 3.20. The molecule has 1 aliphatic heterocycles. The zero-order valence-corrected chi connectivity index (χ0v) is 17.7. The third-order valence-corrected chi connectivity index (χ3v) is 5.74. The Morgan fingerprint density at radius 2 is 2.17 bits per heavy atom. The number of aromatic nitrogens is 5. The molecule has 1 N–H and O–H groups in total. The van der Waals surface area contributed by atoms with Gasteiger partial charge in [-0.25, -0.2) is 4.68 Å². The lowest BCUT2D eigenvalue weighted by atomic mass is 9.95. The smallest absolute Gasteiger partial charge is 0.253 e. The maximum Gasteiger partial charge on any atom is 0.253 e. The number of H-pyrrole nitrogens is 1. The predicted octanol–water partition coefficient (Wildman–Crippen LogP) is 1.99. The lowest BCUT2D eigenvalue weighted by Crippen LogP contribution is -2.41. The largest absolute Gasteiger partial charge is 0.497 e. The number of ether oxygens (including phenoxy) is 2. The van der Waals surface area contributed by atoms with Crippen LogP contribution < -0.4 is 10.3 Å². The van der Waals surface area contributed by atoms with Crippen molar-refractivity contribution in [3.05, 3.63) is 46.0 Å². The minimum atomic E-state index is -0.324. The van der Waals surface area contributed by atoms with Crippen LogP contribution in [0.1, 0.15) is 37.2 Å². The third-order valence-electron chi connectivity index (χ3n) is 5.74. The molecule has 0 spiro atoms. The zero-order valence-electron chi connectivity index (χ0n) is 17.7. The minimum Gasteiger partial charge on any atom is -0.497 e. The van der Waals surface area contributed by atoms with Crippen molar-refractivity contribution in [2.24, 2.45) is 5.92 Å². The number of pyridine rings is 1. The number of aromatic amines is 1. The second-order valence-corrected chi connectivity index (χ2v) is 7.90. The molecule has 9 nitrogen and oxygen atoms in total. The van der Waals surface area contributed by atoms with Gasteiger partial charge in [-0.05, 0) is 59.3 Å². The highest BCUT2D eigenvalue weighted by Crippen LogP contribution is 2.31. The van der Waals surface area contributed by atoms with Gasteiger partial charge < -0.3 is 14.5 Å². The standard InChI is InChI=1S/C21H28N6O3/c1-14-5-4-8-26(13-14)19(20-23-24-25-27(20)9-10-29-2)17-11-15-6-7-16(30-3)12-18(15)22-21(17)28/h6-7,11-12,14,19H,4-5,8-10,13H2,1-3H3,(H,22,28)/t14-,19-/m0/s1. The molecule has 1 aliphatic rings. The summed E-state index contributed by atoms with van der Waals surface area (Å²) in [6.45, 7) is 5.05. The summed E-state index contributed by atoms with van der Waals surface area (Å²) in [6, 6.07) is 7.31. The van der Waals surface area contributed by atoms with E-state index in [1.807, 2.05) is 24.3 Å². The third kappa shape index (κ3) is 4.08. The van der Waals surface area contributed by atoms with Crippen LogP contribution in [0, 0.1) is 5.92 Å². The van der Waals surface area contributed by atoms with E-state index in [9.17, 15) is 4.79 Å². The molecule has 0 bridgehead atoms. The molecule has 1 saturated heterocycles. The van der Waals surface area contributed by atoms with Crippen LogP contribution in [0.4, 0.5) is 0 Å². The highest BCUT2D eigenvalue weighted by Gasteiger charge is 2.32. The van der Waals surface area contributed by atoms with Gasteiger partial charge in [-0.1, -0.05) is 6.92 Å². The van der Waals surface area contributed by atoms with E-state index in [1.54, 1.807) is 18.9 Å². The van der Waals surface area contributed by atoms with Crippen molar-refractivity contribution in [2.75, 3.05) is 33.9 Å². The molecule has 0 aliphatic carbocycles. The van der Waals surface area contributed by atoms with Gasteiger partial charge in [0, 0.05) is 25.3 Å². The molecule has 3 aromatic rings. The number of nitrogens with zero attached hydrogens (tertiary/aromatic N) is 5. The van der Waals surface area contributed by atoms with Gasteiger partial charge in [-0.2, -0.15) is 0 Å². The van der Waals surface area contributed by atoms with E-state index in [2.05, 4.69) is 32.3 Å². The molecule has 0 amide bonds. The fraction of sp³-hybridized carbons (Fsp3) is 0.524. The number of likely N-dealkylation sites (tertiary alicyclic amines) is 1. The average molecular weight is 412 g/mol. The Hall–Kier alpha value is -2.78. The maximum atomic E-state index is 13.2. The van der Waals surface area contributed by atoms with Gasteiger partial charge in [0.15, 0.2) is 5.82 Å². The normalized spacial score (nSPS) is 18.6. The Balaban J connectivity index is 1.82. The summed E-state index contributed by atoms with van der Waals surface area (Å²) in [6.07, 6.45) is 2.27. The van der Waals surface area contributed by atoms with Gasteiger partial charge in [0.1, 0.15) is 11.8 Å². The van der Waals surface area contributed by atoms with Crippen molar-refractivity contribution in [3.63, 3.8) is 0 Å². The quantitative estimate of drug-likeness (QED) is 0.634. The zero-order chi connectivity index (χ0) is 21.1. The summed E-state index contributed by atoms with van der Waals surface area (Å²) in [5, 5.41) is 13.3. The number of rotatable bonds is 7. The second kappa shape index (κ2) is 8.93. The molecule has 0 radical (unpaired) electrons. The first-order valence-corrected chi connectivity index (χ1v) is 10.3. The van der Waals surface area contributed by atoms with Gasteiger partial charge in [-0.15, -0.1) is 5.10 Å². The van der Waals surface area contributed by atoms with Gasteiger partial charge >= 0.3 is 0 Å². The molecule has 0 saturated carbocycles. The van der Waals surface area contributed by atoms with Crippen LogP contribution >= 0.6 is 0 Å². The van der Waals surface area contributed by atoms with Crippen LogP contribution in [-0.2, 0) is 11.3 Å². The van der Waals surface area contributed by atoms with Crippen molar-refractivity contribution < 1.29 is 9.47 Å². The number of hydrogen-bond donors (Lipinski definition) is 1. The molecule has 1 aromatic carbocycles. The first kappa shape index (κ1) is 20.5. The molecule has 4 rings (SSSR count). The SMILES string of the molecule is COCCn1nnnc1[C@H](c1cc2ccc(OC)cc2[nH]c1=O)N1CCC[C@H](C)C1. The number of methoxy groups -OCH3 is 2. The van der Waals surface area contributed by atoms with Crippen LogP contribution in [-0.4, -0.2) is 64.0 Å². The Morgan fingerprint density at radius 1 is 1.30 bits per heavy atom. The summed E-state index contributed by atoms with van der Waals surface area (Å²) >= 11 is 0. The lowest BCUT2D eigenvalue weighted by molar-refractivity contribution is 0.137. The molecular weight excluding hydrogens is 384 g/mol. The molecule has 160 valence electrons. The molecule has 30 heavy (non-hydrogen) atoms. The lowest BCUT2D eigenvalue weighted by Gasteiger charge is -2.36. The summed E-state index contributed by atoms with van der Waals surface area (Å²) in [7, 11) is 3.26. The summed E-state index contributed by atoms with van der Waals surface area (Å²) in [5.74, 6) is 1.92. The number of benzene rings is 1. The monoisotopic (exact) mass is 412 g/mol. The number of piperidine rings is 1. The van der Waals surface area contributed by atoms with E-state index in [0.29, 0.717) is 36.2 Å². The van der Waals surface area contributed by atoms with Gasteiger partial charge in [0.2, 0.25) is 0 Å². The summed E-state index contributed by atoms with van der Waals surface area (Å²) in [4.78, 5) is 18.5. The summed E-state index contributed by atoms with van der Waals surface area (Å²) in [5.41, 5.74) is 1.25. The van der Waals surface area contributed by atoms with Crippen molar-refractivity contribution in [1.82, 2.24) is 30.1 Å². The molecule has 2 aromatic heterocycles. The van der Waals surface area contributed by atoms with Crippen molar-refractivity contribution in [3.8, 4) is 5.75 Å². The van der Waals surface area contributed by atoms with Gasteiger partial charge in [-0.3, -0.25) is 9.69 Å². The molecular formula is C21H28N6O3. The molecule has 9 heteroatoms. The first-order valence-electron chi connectivity index (χ1n) is 10.3. The van der Waals surface area contributed by atoms with Gasteiger partial charge in [0.25, 0.3) is 5.56 Å². The Morgan fingerprint density at radius 3 is 2.93 bits per heavy atom. The fourth-order valence-corrected chi connectivity index (χ4v) is 4.23. The second-order valence-electron chi connectivity index (χ2n) is 7.90. The van der Waals surface area contributed by atoms with Crippen LogP contribution in [0.15, 0.2) is 29.1 Å². The number of tetrazole rings is 1. The topological polar surface area (TPSA) is 98.2 Å². The van der Waals surface area contributed by atoms with Crippen molar-refractivity contribution in [1.29, 1.82) is 0 Å². The van der Waals surface area contributed by atoms with E-state index in [4.69, 9.17) is 9.47 Å². The first-order chi connectivity index (χ1) is 14.6. The highest BCUT2D eigenvalue weighted by molar-refractivity contribution is 5.80. The highest BCUT2D eigenvalue weighted by atomic mass is 16.5. The molecule has 3 heterocycles. The van der Waals surface area contributed by atoms with Crippen LogP contribution in [0.5, 0.6) is 5.75 Å². The minimum absolute atomic E-state index is 0.139. The Kier molecular flexibility index (Phi) is 6.10. The van der Waals surface area contributed by atoms with Crippen molar-refractivity contribution in [2.45, 2.75) is 32.4 Å². The van der Waals surface area contributed by atoms with E-state index in [-0.39, 0.29) is 11.6 Å². The fourth-order valence-electron chi connectivity index (χ4n) is 4.23. The van der Waals surface area contributed by atoms with Crippen LogP contribution in [0.2, 0.25) is 0 Å². The van der Waals surface area contributed by atoms with Crippen molar-refractivity contribution >= 4 is 10.9 Å². The van der Waals surface area contributed by atoms with E-state index in [0.717, 1.165) is 30.4 Å². The van der Waals surface area contributed by atoms with E-state index < -0.39 is 0 Å². The van der Waals surface area contributed by atoms with E-state index >= 15 is 0 Å². The van der Waals surface area contributed by atoms with Crippen LogP contribution in [0.3, 0.4) is 0 Å². The van der Waals surface area contributed by atoms with Crippen LogP contribution in [0.25, 0.3) is 10.9 Å².